The van der Waals surface area contributed by atoms with E-state index in [1.54, 1.807) is 6.20 Å². The number of hydrogen-bond donors (Lipinski definition) is 1. The summed E-state index contributed by atoms with van der Waals surface area (Å²) in [5, 5.41) is 4.15. The van der Waals surface area contributed by atoms with Gasteiger partial charge in [0.05, 0.1) is 5.92 Å². The van der Waals surface area contributed by atoms with Crippen LogP contribution >= 0.6 is 0 Å². The molecule has 2 bridgehead atoms. The molecule has 0 spiro atoms. The van der Waals surface area contributed by atoms with Crippen LogP contribution in [0.5, 0.6) is 0 Å². The van der Waals surface area contributed by atoms with E-state index >= 15 is 0 Å². The molecule has 0 aromatic carbocycles. The molecule has 4 unspecified atom stereocenters. The van der Waals surface area contributed by atoms with Gasteiger partial charge in [0.2, 0.25) is 11.7 Å². The third kappa shape index (κ3) is 1.99. The molecule has 5 heteroatoms. The first-order valence-electron chi connectivity index (χ1n) is 7.81. The van der Waals surface area contributed by atoms with E-state index in [0.29, 0.717) is 23.6 Å². The summed E-state index contributed by atoms with van der Waals surface area (Å²) >= 11 is 0. The van der Waals surface area contributed by atoms with E-state index < -0.39 is 0 Å². The predicted molar refractivity (Wildman–Crippen MR) is 78.5 cm³/mol. The molecule has 5 nitrogen and oxygen atoms in total. The molecule has 0 aliphatic heterocycles. The summed E-state index contributed by atoms with van der Waals surface area (Å²) in [6, 6.07) is 4.17. The van der Waals surface area contributed by atoms with Gasteiger partial charge in [-0.2, -0.15) is 4.98 Å². The van der Waals surface area contributed by atoms with E-state index in [9.17, 15) is 0 Å². The molecule has 2 heterocycles. The number of hydrogen-bond acceptors (Lipinski definition) is 5. The van der Waals surface area contributed by atoms with Crippen molar-refractivity contribution in [2.45, 2.75) is 44.6 Å². The highest BCUT2D eigenvalue weighted by Gasteiger charge is 2.48. The van der Waals surface area contributed by atoms with Gasteiger partial charge in [-0.15, -0.1) is 0 Å². The Morgan fingerprint density at radius 3 is 2.95 bits per heavy atom. The van der Waals surface area contributed by atoms with Crippen molar-refractivity contribution in [2.24, 2.45) is 17.6 Å². The lowest BCUT2D eigenvalue weighted by atomic mass is 9.85. The first kappa shape index (κ1) is 13.0. The average molecular weight is 284 g/mol. The lowest BCUT2D eigenvalue weighted by Crippen LogP contribution is -2.34. The molecule has 4 rings (SSSR count). The van der Waals surface area contributed by atoms with Crippen LogP contribution in [0, 0.1) is 11.8 Å². The number of aromatic nitrogens is 3. The van der Waals surface area contributed by atoms with Crippen molar-refractivity contribution in [3.8, 4) is 11.5 Å². The van der Waals surface area contributed by atoms with Crippen molar-refractivity contribution >= 4 is 0 Å². The molecular formula is C16H20N4O. The highest BCUT2D eigenvalue weighted by Crippen LogP contribution is 2.51. The Morgan fingerprint density at radius 1 is 1.33 bits per heavy atom. The fourth-order valence-electron chi connectivity index (χ4n) is 4.09. The van der Waals surface area contributed by atoms with Crippen molar-refractivity contribution in [1.29, 1.82) is 0 Å². The van der Waals surface area contributed by atoms with Gasteiger partial charge < -0.3 is 10.3 Å². The van der Waals surface area contributed by atoms with Crippen molar-refractivity contribution in [3.63, 3.8) is 0 Å². The lowest BCUT2D eigenvalue weighted by Gasteiger charge is -2.24. The minimum atomic E-state index is 0.173. The number of rotatable bonds is 3. The van der Waals surface area contributed by atoms with E-state index in [-0.39, 0.29) is 12.0 Å². The molecule has 0 saturated heterocycles. The number of aryl methyl sites for hydroxylation is 1. The van der Waals surface area contributed by atoms with Gasteiger partial charge in [-0.3, -0.25) is 4.98 Å². The largest absolute Gasteiger partial charge is 0.339 e. The molecule has 2 aromatic rings. The normalized spacial score (nSPS) is 31.0. The van der Waals surface area contributed by atoms with E-state index in [4.69, 9.17) is 10.3 Å². The summed E-state index contributed by atoms with van der Waals surface area (Å²) in [5.41, 5.74) is 8.32. The minimum absolute atomic E-state index is 0.173. The van der Waals surface area contributed by atoms with Crippen LogP contribution in [-0.4, -0.2) is 21.2 Å². The van der Waals surface area contributed by atoms with Gasteiger partial charge in [0.25, 0.3) is 0 Å². The Balaban J connectivity index is 1.67. The quantitative estimate of drug-likeness (QED) is 0.937. The SMILES string of the molecule is CCc1cccnc1-c1noc(C2C3CCC(C3)C2N)n1. The van der Waals surface area contributed by atoms with Crippen LogP contribution in [0.15, 0.2) is 22.9 Å². The van der Waals surface area contributed by atoms with Crippen LogP contribution in [-0.2, 0) is 6.42 Å². The van der Waals surface area contributed by atoms with Crippen LogP contribution in [0.4, 0.5) is 0 Å². The fraction of sp³-hybridized carbons (Fsp3) is 0.562. The zero-order valence-electron chi connectivity index (χ0n) is 12.2. The van der Waals surface area contributed by atoms with E-state index in [1.165, 1.54) is 19.3 Å². The zero-order valence-corrected chi connectivity index (χ0v) is 12.2. The zero-order chi connectivity index (χ0) is 14.4. The third-order valence-electron chi connectivity index (χ3n) is 5.19. The lowest BCUT2D eigenvalue weighted by molar-refractivity contribution is 0.279. The molecule has 4 atom stereocenters. The van der Waals surface area contributed by atoms with Gasteiger partial charge in [0.15, 0.2) is 0 Å². The van der Waals surface area contributed by atoms with Gasteiger partial charge in [-0.25, -0.2) is 0 Å². The number of nitrogens with two attached hydrogens (primary N) is 1. The first-order chi connectivity index (χ1) is 10.3. The monoisotopic (exact) mass is 284 g/mol. The minimum Gasteiger partial charge on any atom is -0.339 e. The van der Waals surface area contributed by atoms with E-state index in [0.717, 1.165) is 17.7 Å². The van der Waals surface area contributed by atoms with E-state index in [2.05, 4.69) is 28.1 Å². The highest BCUT2D eigenvalue weighted by molar-refractivity contribution is 5.53. The number of nitrogens with zero attached hydrogens (tertiary/aromatic N) is 3. The van der Waals surface area contributed by atoms with Crippen molar-refractivity contribution in [3.05, 3.63) is 29.8 Å². The molecule has 2 fully saturated rings. The van der Waals surface area contributed by atoms with Crippen LogP contribution in [0.3, 0.4) is 0 Å². The second-order valence-electron chi connectivity index (χ2n) is 6.26. The topological polar surface area (TPSA) is 77.8 Å². The number of fused-ring (bicyclic) bond motifs is 2. The number of pyridine rings is 1. The van der Waals surface area contributed by atoms with Crippen LogP contribution in [0.25, 0.3) is 11.5 Å². The molecule has 2 N–H and O–H groups in total. The van der Waals surface area contributed by atoms with Gasteiger partial charge in [0, 0.05) is 12.2 Å². The van der Waals surface area contributed by atoms with Crippen molar-refractivity contribution in [1.82, 2.24) is 15.1 Å². The molecule has 110 valence electrons. The molecule has 21 heavy (non-hydrogen) atoms. The molecule has 2 aliphatic rings. The summed E-state index contributed by atoms with van der Waals surface area (Å²) < 4.78 is 5.54. The molecule has 0 amide bonds. The second-order valence-corrected chi connectivity index (χ2v) is 6.26. The van der Waals surface area contributed by atoms with Gasteiger partial charge in [-0.1, -0.05) is 18.1 Å². The Kier molecular flexibility index (Phi) is 3.03. The maximum atomic E-state index is 6.36. The Morgan fingerprint density at radius 2 is 2.19 bits per heavy atom. The third-order valence-corrected chi connectivity index (χ3v) is 5.19. The summed E-state index contributed by atoms with van der Waals surface area (Å²) in [6.45, 7) is 2.10. The predicted octanol–water partition coefficient (Wildman–Crippen LogP) is 2.53. The summed E-state index contributed by atoms with van der Waals surface area (Å²) in [6.07, 6.45) is 6.38. The maximum absolute atomic E-state index is 6.36. The van der Waals surface area contributed by atoms with Gasteiger partial charge >= 0.3 is 0 Å². The molecule has 2 saturated carbocycles. The maximum Gasteiger partial charge on any atom is 0.231 e. The molecular weight excluding hydrogens is 264 g/mol. The second kappa shape index (κ2) is 4.91. The molecule has 2 aliphatic carbocycles. The fourth-order valence-corrected chi connectivity index (χ4v) is 4.09. The van der Waals surface area contributed by atoms with E-state index in [1.807, 2.05) is 6.07 Å². The van der Waals surface area contributed by atoms with Crippen molar-refractivity contribution < 1.29 is 4.52 Å². The van der Waals surface area contributed by atoms with Crippen LogP contribution in [0.1, 0.15) is 43.6 Å². The standard InChI is InChI=1S/C16H20N4O/c1-2-9-4-3-7-18-14(9)15-19-16(21-20-15)12-10-5-6-11(8-10)13(12)17/h3-4,7,10-13H,2,5-6,8,17H2,1H3. The van der Waals surface area contributed by atoms with Gasteiger partial charge in [-0.05, 0) is 49.1 Å². The average Bonchev–Trinajstić information content (AvgIpc) is 3.22. The Hall–Kier alpha value is -1.75. The first-order valence-corrected chi connectivity index (χ1v) is 7.81. The summed E-state index contributed by atoms with van der Waals surface area (Å²) in [5.74, 6) is 2.79. The summed E-state index contributed by atoms with van der Waals surface area (Å²) in [4.78, 5) is 9.03. The van der Waals surface area contributed by atoms with Crippen LogP contribution in [0.2, 0.25) is 0 Å². The van der Waals surface area contributed by atoms with Gasteiger partial charge in [0.1, 0.15) is 5.69 Å². The summed E-state index contributed by atoms with van der Waals surface area (Å²) in [7, 11) is 0. The van der Waals surface area contributed by atoms with Crippen molar-refractivity contribution in [2.75, 3.05) is 0 Å². The Bertz CT molecular complexity index is 651. The molecule has 2 aromatic heterocycles. The van der Waals surface area contributed by atoms with Crippen LogP contribution < -0.4 is 5.73 Å². The smallest absolute Gasteiger partial charge is 0.231 e. The highest BCUT2D eigenvalue weighted by atomic mass is 16.5. The Labute approximate surface area is 124 Å². The molecule has 0 radical (unpaired) electrons.